The van der Waals surface area contributed by atoms with E-state index in [0.29, 0.717) is 29.2 Å². The second-order valence-corrected chi connectivity index (χ2v) is 5.30. The third-order valence-corrected chi connectivity index (χ3v) is 4.00. The number of carbonyl (C=O) groups is 1. The normalized spacial score (nSPS) is 23.8. The Balaban J connectivity index is 1.84. The van der Waals surface area contributed by atoms with Gasteiger partial charge in [0.15, 0.2) is 5.13 Å². The predicted molar refractivity (Wildman–Crippen MR) is 66.8 cm³/mol. The summed E-state index contributed by atoms with van der Waals surface area (Å²) in [4.78, 5) is 15.7. The summed E-state index contributed by atoms with van der Waals surface area (Å²) < 4.78 is 0. The minimum absolute atomic E-state index is 0.179. The fraction of sp³-hybridized carbons (Fsp3) is 0.636. The first-order valence-electron chi connectivity index (χ1n) is 5.80. The van der Waals surface area contributed by atoms with E-state index in [1.165, 1.54) is 11.3 Å². The zero-order chi connectivity index (χ0) is 12.3. The highest BCUT2D eigenvalue weighted by Gasteiger charge is 2.26. The highest BCUT2D eigenvalue weighted by atomic mass is 32.1. The topological polar surface area (TPSA) is 88.2 Å². The molecule has 2 rings (SSSR count). The first-order chi connectivity index (χ1) is 8.20. The second kappa shape index (κ2) is 5.46. The van der Waals surface area contributed by atoms with Gasteiger partial charge in [0.25, 0.3) is 5.91 Å². The maximum absolute atomic E-state index is 11.7. The average Bonchev–Trinajstić information content (AvgIpc) is 2.94. The molecule has 1 aromatic rings. The monoisotopic (exact) mass is 255 g/mol. The van der Waals surface area contributed by atoms with Gasteiger partial charge < -0.3 is 16.2 Å². The molecular weight excluding hydrogens is 238 g/mol. The highest BCUT2D eigenvalue weighted by molar-refractivity contribution is 7.13. The largest absolute Gasteiger partial charge is 0.396 e. The van der Waals surface area contributed by atoms with E-state index in [0.717, 1.165) is 19.3 Å². The van der Waals surface area contributed by atoms with E-state index in [1.54, 1.807) is 5.38 Å². The van der Waals surface area contributed by atoms with E-state index in [1.807, 2.05) is 0 Å². The molecule has 1 aliphatic carbocycles. The Hall–Kier alpha value is -1.14. The fourth-order valence-electron chi connectivity index (χ4n) is 2.33. The van der Waals surface area contributed by atoms with Gasteiger partial charge in [0.1, 0.15) is 5.69 Å². The quantitative estimate of drug-likeness (QED) is 0.744. The van der Waals surface area contributed by atoms with E-state index in [4.69, 9.17) is 5.73 Å². The molecule has 17 heavy (non-hydrogen) atoms. The Morgan fingerprint density at radius 1 is 1.59 bits per heavy atom. The first-order valence-corrected chi connectivity index (χ1v) is 6.68. The molecule has 0 saturated heterocycles. The van der Waals surface area contributed by atoms with Gasteiger partial charge in [0, 0.05) is 18.5 Å². The van der Waals surface area contributed by atoms with E-state index in [-0.39, 0.29) is 12.5 Å². The Bertz CT molecular complexity index is 394. The number of aromatic nitrogens is 1. The second-order valence-electron chi connectivity index (χ2n) is 4.41. The number of aliphatic hydroxyl groups is 1. The van der Waals surface area contributed by atoms with Crippen LogP contribution in [-0.4, -0.2) is 29.1 Å². The minimum atomic E-state index is -0.179. The van der Waals surface area contributed by atoms with Crippen molar-refractivity contribution >= 4 is 22.4 Å². The van der Waals surface area contributed by atoms with Crippen LogP contribution in [0.4, 0.5) is 5.13 Å². The number of amides is 1. The van der Waals surface area contributed by atoms with Crippen LogP contribution in [0.1, 0.15) is 29.8 Å². The highest BCUT2D eigenvalue weighted by Crippen LogP contribution is 2.30. The van der Waals surface area contributed by atoms with Crippen LogP contribution in [0.5, 0.6) is 0 Å². The summed E-state index contributed by atoms with van der Waals surface area (Å²) in [6, 6.07) is 0. The molecule has 1 saturated carbocycles. The van der Waals surface area contributed by atoms with E-state index < -0.39 is 0 Å². The number of hydrogen-bond donors (Lipinski definition) is 3. The summed E-state index contributed by atoms with van der Waals surface area (Å²) in [6.07, 6.45) is 3.26. The van der Waals surface area contributed by atoms with Crippen molar-refractivity contribution in [2.24, 2.45) is 11.8 Å². The van der Waals surface area contributed by atoms with E-state index >= 15 is 0 Å². The van der Waals surface area contributed by atoms with Gasteiger partial charge in [0.2, 0.25) is 0 Å². The Morgan fingerprint density at radius 3 is 3.00 bits per heavy atom. The molecular formula is C11H17N3O2S. The Labute approximate surface area is 104 Å². The lowest BCUT2D eigenvalue weighted by Gasteiger charge is -2.17. The number of nitrogens with two attached hydrogens (primary N) is 1. The molecule has 94 valence electrons. The van der Waals surface area contributed by atoms with Crippen molar-refractivity contribution in [2.45, 2.75) is 19.3 Å². The number of hydrogen-bond acceptors (Lipinski definition) is 5. The summed E-state index contributed by atoms with van der Waals surface area (Å²) in [5.41, 5.74) is 5.85. The number of thiazole rings is 1. The molecule has 1 amide bonds. The van der Waals surface area contributed by atoms with Gasteiger partial charge in [-0.2, -0.15) is 0 Å². The van der Waals surface area contributed by atoms with Gasteiger partial charge in [-0.1, -0.05) is 6.42 Å². The molecule has 5 nitrogen and oxygen atoms in total. The number of nitrogens with zero attached hydrogens (tertiary/aromatic N) is 1. The van der Waals surface area contributed by atoms with Gasteiger partial charge >= 0.3 is 0 Å². The number of rotatable bonds is 4. The first kappa shape index (κ1) is 12.3. The fourth-order valence-corrected chi connectivity index (χ4v) is 2.87. The van der Waals surface area contributed by atoms with Crippen LogP contribution in [0.3, 0.4) is 0 Å². The van der Waals surface area contributed by atoms with Crippen LogP contribution in [-0.2, 0) is 0 Å². The standard InChI is InChI=1S/C11H17N3O2S/c12-11-14-9(6-17-11)10(16)13-4-7-2-1-3-8(7)5-15/h6-8,15H,1-5H2,(H2,12,14)(H,13,16). The molecule has 4 N–H and O–H groups in total. The molecule has 1 aromatic heterocycles. The zero-order valence-corrected chi connectivity index (χ0v) is 10.4. The summed E-state index contributed by atoms with van der Waals surface area (Å²) in [6.45, 7) is 0.825. The maximum atomic E-state index is 11.7. The number of aliphatic hydroxyl groups excluding tert-OH is 1. The van der Waals surface area contributed by atoms with E-state index in [9.17, 15) is 9.90 Å². The molecule has 0 radical (unpaired) electrons. The molecule has 0 spiro atoms. The van der Waals surface area contributed by atoms with Gasteiger partial charge in [0.05, 0.1) is 0 Å². The number of nitrogens with one attached hydrogen (secondary N) is 1. The molecule has 1 heterocycles. The smallest absolute Gasteiger partial charge is 0.270 e. The van der Waals surface area contributed by atoms with Gasteiger partial charge in [-0.15, -0.1) is 11.3 Å². The molecule has 0 aromatic carbocycles. The van der Waals surface area contributed by atoms with Crippen molar-refractivity contribution in [3.8, 4) is 0 Å². The van der Waals surface area contributed by atoms with E-state index in [2.05, 4.69) is 10.3 Å². The van der Waals surface area contributed by atoms with Crippen molar-refractivity contribution in [1.29, 1.82) is 0 Å². The molecule has 1 fully saturated rings. The molecule has 0 aliphatic heterocycles. The molecule has 2 atom stereocenters. The minimum Gasteiger partial charge on any atom is -0.396 e. The SMILES string of the molecule is Nc1nc(C(=O)NCC2CCCC2CO)cs1. The Morgan fingerprint density at radius 2 is 2.35 bits per heavy atom. The summed E-state index contributed by atoms with van der Waals surface area (Å²) in [7, 11) is 0. The van der Waals surface area contributed by atoms with Crippen LogP contribution in [0.15, 0.2) is 5.38 Å². The van der Waals surface area contributed by atoms with Crippen LogP contribution in [0.25, 0.3) is 0 Å². The molecule has 2 unspecified atom stereocenters. The third kappa shape index (κ3) is 2.95. The zero-order valence-electron chi connectivity index (χ0n) is 9.56. The van der Waals surface area contributed by atoms with Crippen molar-refractivity contribution in [2.75, 3.05) is 18.9 Å². The summed E-state index contributed by atoms with van der Waals surface area (Å²) >= 11 is 1.26. The summed E-state index contributed by atoms with van der Waals surface area (Å²) in [5.74, 6) is 0.539. The number of carbonyl (C=O) groups excluding carboxylic acids is 1. The van der Waals surface area contributed by atoms with Crippen molar-refractivity contribution in [1.82, 2.24) is 10.3 Å². The average molecular weight is 255 g/mol. The molecule has 0 bridgehead atoms. The molecule has 1 aliphatic rings. The number of anilines is 1. The van der Waals surface area contributed by atoms with Crippen LogP contribution < -0.4 is 11.1 Å². The van der Waals surface area contributed by atoms with Crippen LogP contribution >= 0.6 is 11.3 Å². The van der Waals surface area contributed by atoms with Gasteiger partial charge in [-0.3, -0.25) is 4.79 Å². The lowest BCUT2D eigenvalue weighted by Crippen LogP contribution is -2.31. The van der Waals surface area contributed by atoms with Crippen LogP contribution in [0, 0.1) is 11.8 Å². The predicted octanol–water partition coefficient (Wildman–Crippen LogP) is 0.864. The van der Waals surface area contributed by atoms with Crippen LogP contribution in [0.2, 0.25) is 0 Å². The Kier molecular flexibility index (Phi) is 3.96. The van der Waals surface area contributed by atoms with Gasteiger partial charge in [-0.25, -0.2) is 4.98 Å². The van der Waals surface area contributed by atoms with Crippen molar-refractivity contribution < 1.29 is 9.90 Å². The third-order valence-electron chi connectivity index (χ3n) is 3.33. The lowest BCUT2D eigenvalue weighted by atomic mass is 9.97. The number of nitrogen functional groups attached to an aromatic ring is 1. The van der Waals surface area contributed by atoms with Gasteiger partial charge in [-0.05, 0) is 24.7 Å². The molecule has 6 heteroatoms. The van der Waals surface area contributed by atoms with Crippen molar-refractivity contribution in [3.05, 3.63) is 11.1 Å². The summed E-state index contributed by atoms with van der Waals surface area (Å²) in [5, 5.41) is 14.1. The lowest BCUT2D eigenvalue weighted by molar-refractivity contribution is 0.0933. The van der Waals surface area contributed by atoms with Crippen molar-refractivity contribution in [3.63, 3.8) is 0 Å². The maximum Gasteiger partial charge on any atom is 0.270 e.